The first-order chi connectivity index (χ1) is 18.4. The van der Waals surface area contributed by atoms with Gasteiger partial charge in [-0.15, -0.1) is 0 Å². The van der Waals surface area contributed by atoms with Crippen LogP contribution >= 0.6 is 0 Å². The number of benzene rings is 2. The molecule has 1 atom stereocenters. The molecule has 0 spiro atoms. The molecule has 5 rings (SSSR count). The van der Waals surface area contributed by atoms with Crippen molar-refractivity contribution >= 4 is 29.1 Å². The predicted octanol–water partition coefficient (Wildman–Crippen LogP) is 4.52. The minimum atomic E-state index is -0.634. The number of amides is 3. The number of pyridine rings is 1. The lowest BCUT2D eigenvalue weighted by Gasteiger charge is -2.25. The van der Waals surface area contributed by atoms with Gasteiger partial charge in [-0.25, -0.2) is 9.78 Å². The highest BCUT2D eigenvalue weighted by molar-refractivity contribution is 6.04. The zero-order valence-corrected chi connectivity index (χ0v) is 21.2. The molecule has 1 unspecified atom stereocenters. The molecule has 1 aliphatic rings. The van der Waals surface area contributed by atoms with Gasteiger partial charge in [0.25, 0.3) is 5.91 Å². The summed E-state index contributed by atoms with van der Waals surface area (Å²) < 4.78 is 5.14. The van der Waals surface area contributed by atoms with Gasteiger partial charge in [-0.1, -0.05) is 49.4 Å². The standard InChI is InChI=1S/C28H29N7O3/c1-28(19-6-4-3-5-7-19)13-15-35(17-28)27(37)32-20-10-8-18(9-11-20)24-23(25(29)36)26(34-33-24)31-21-12-14-30-22(16-21)38-2/h3-12,14,16H,13,15,17H2,1-2H3,(H2,29,36)(H,32,37)(H2,30,31,33,34). The Morgan fingerprint density at radius 3 is 2.55 bits per heavy atom. The van der Waals surface area contributed by atoms with Crippen LogP contribution in [0.3, 0.4) is 0 Å². The van der Waals surface area contributed by atoms with Crippen molar-refractivity contribution in [1.82, 2.24) is 20.1 Å². The molecule has 0 aliphatic carbocycles. The third-order valence-electron chi connectivity index (χ3n) is 6.88. The van der Waals surface area contributed by atoms with Crippen molar-refractivity contribution in [2.75, 3.05) is 30.8 Å². The summed E-state index contributed by atoms with van der Waals surface area (Å²) in [6.45, 7) is 3.53. The third-order valence-corrected chi connectivity index (χ3v) is 6.88. The second-order valence-electron chi connectivity index (χ2n) is 9.50. The van der Waals surface area contributed by atoms with Gasteiger partial charge >= 0.3 is 6.03 Å². The second kappa shape index (κ2) is 10.3. The van der Waals surface area contributed by atoms with Gasteiger partial charge in [-0.05, 0) is 30.2 Å². The van der Waals surface area contributed by atoms with E-state index in [2.05, 4.69) is 44.9 Å². The number of methoxy groups -OCH3 is 1. The number of nitrogens with one attached hydrogen (secondary N) is 3. The van der Waals surface area contributed by atoms with E-state index in [1.807, 2.05) is 23.1 Å². The zero-order valence-electron chi connectivity index (χ0n) is 21.2. The molecule has 2 aromatic carbocycles. The van der Waals surface area contributed by atoms with Crippen LogP contribution in [0, 0.1) is 0 Å². The average Bonchev–Trinajstić information content (AvgIpc) is 3.54. The topological polar surface area (TPSA) is 138 Å². The number of hydrogen-bond acceptors (Lipinski definition) is 6. The molecule has 1 saturated heterocycles. The van der Waals surface area contributed by atoms with Crippen molar-refractivity contribution in [3.8, 4) is 17.1 Å². The quantitative estimate of drug-likeness (QED) is 0.288. The molecule has 194 valence electrons. The number of ether oxygens (including phenoxy) is 1. The number of nitrogens with two attached hydrogens (primary N) is 1. The SMILES string of the molecule is COc1cc(Nc2n[nH]c(-c3ccc(NC(=O)N4CCC(C)(c5ccccc5)C4)cc3)c2C(N)=O)ccn1. The van der Waals surface area contributed by atoms with E-state index in [0.29, 0.717) is 41.6 Å². The highest BCUT2D eigenvalue weighted by Gasteiger charge is 2.37. The number of anilines is 3. The number of aromatic nitrogens is 3. The molecular weight excluding hydrogens is 482 g/mol. The third kappa shape index (κ3) is 5.01. The Bertz CT molecular complexity index is 1450. The van der Waals surface area contributed by atoms with E-state index in [1.54, 1.807) is 42.6 Å². The number of carbonyl (C=O) groups excluding carboxylic acids is 2. The zero-order chi connectivity index (χ0) is 26.7. The number of rotatable bonds is 7. The molecule has 10 nitrogen and oxygen atoms in total. The summed E-state index contributed by atoms with van der Waals surface area (Å²) >= 11 is 0. The van der Waals surface area contributed by atoms with E-state index in [9.17, 15) is 9.59 Å². The number of primary amides is 1. The Balaban J connectivity index is 1.29. The number of nitrogens with zero attached hydrogens (tertiary/aromatic N) is 3. The Labute approximate surface area is 220 Å². The summed E-state index contributed by atoms with van der Waals surface area (Å²) in [5, 5.41) is 13.2. The first kappa shape index (κ1) is 24.8. The van der Waals surface area contributed by atoms with Gasteiger partial charge in [0.05, 0.1) is 12.8 Å². The van der Waals surface area contributed by atoms with Gasteiger partial charge in [0.2, 0.25) is 5.88 Å². The lowest BCUT2D eigenvalue weighted by molar-refractivity contribution is 0.100. The van der Waals surface area contributed by atoms with Crippen LogP contribution in [0.5, 0.6) is 5.88 Å². The fraction of sp³-hybridized carbons (Fsp3) is 0.214. The molecule has 1 aliphatic heterocycles. The monoisotopic (exact) mass is 511 g/mol. The predicted molar refractivity (Wildman–Crippen MR) is 146 cm³/mol. The largest absolute Gasteiger partial charge is 0.481 e. The Kier molecular flexibility index (Phi) is 6.69. The van der Waals surface area contributed by atoms with Crippen LogP contribution in [-0.2, 0) is 5.41 Å². The van der Waals surface area contributed by atoms with Crippen molar-refractivity contribution in [3.63, 3.8) is 0 Å². The van der Waals surface area contributed by atoms with Gasteiger partial charge < -0.3 is 26.0 Å². The van der Waals surface area contributed by atoms with Crippen LogP contribution in [0.2, 0.25) is 0 Å². The van der Waals surface area contributed by atoms with Crippen LogP contribution in [0.1, 0.15) is 29.3 Å². The summed E-state index contributed by atoms with van der Waals surface area (Å²) in [6, 6.07) is 20.7. The Morgan fingerprint density at radius 1 is 1.08 bits per heavy atom. The highest BCUT2D eigenvalue weighted by atomic mass is 16.5. The Morgan fingerprint density at radius 2 is 1.84 bits per heavy atom. The maximum Gasteiger partial charge on any atom is 0.321 e. The van der Waals surface area contributed by atoms with Crippen molar-refractivity contribution in [2.24, 2.45) is 5.73 Å². The van der Waals surface area contributed by atoms with Crippen molar-refractivity contribution < 1.29 is 14.3 Å². The van der Waals surface area contributed by atoms with Crippen LogP contribution in [0.4, 0.5) is 22.0 Å². The van der Waals surface area contributed by atoms with Crippen molar-refractivity contribution in [2.45, 2.75) is 18.8 Å². The molecule has 3 amide bonds. The van der Waals surface area contributed by atoms with Crippen molar-refractivity contribution in [3.05, 3.63) is 84.1 Å². The fourth-order valence-corrected chi connectivity index (χ4v) is 4.75. The summed E-state index contributed by atoms with van der Waals surface area (Å²) in [6.07, 6.45) is 2.48. The first-order valence-corrected chi connectivity index (χ1v) is 12.2. The number of hydrogen-bond donors (Lipinski definition) is 4. The molecule has 5 N–H and O–H groups in total. The molecule has 10 heteroatoms. The molecule has 0 radical (unpaired) electrons. The number of carbonyl (C=O) groups is 2. The van der Waals surface area contributed by atoms with Gasteiger partial charge in [-0.3, -0.25) is 9.89 Å². The van der Waals surface area contributed by atoms with E-state index in [0.717, 1.165) is 6.42 Å². The van der Waals surface area contributed by atoms with Gasteiger partial charge in [-0.2, -0.15) is 5.10 Å². The summed E-state index contributed by atoms with van der Waals surface area (Å²) in [7, 11) is 1.52. The smallest absolute Gasteiger partial charge is 0.321 e. The van der Waals surface area contributed by atoms with Crippen molar-refractivity contribution in [1.29, 1.82) is 0 Å². The maximum absolute atomic E-state index is 13.0. The molecule has 38 heavy (non-hydrogen) atoms. The molecule has 4 aromatic rings. The number of aromatic amines is 1. The molecule has 3 heterocycles. The van der Waals surface area contributed by atoms with E-state index in [1.165, 1.54) is 12.7 Å². The normalized spacial score (nSPS) is 16.7. The maximum atomic E-state index is 13.0. The molecular formula is C28H29N7O3. The second-order valence-corrected chi connectivity index (χ2v) is 9.50. The lowest BCUT2D eigenvalue weighted by Crippen LogP contribution is -2.35. The van der Waals surface area contributed by atoms with Gasteiger partial charge in [0.1, 0.15) is 5.56 Å². The van der Waals surface area contributed by atoms with E-state index in [4.69, 9.17) is 10.5 Å². The molecule has 1 fully saturated rings. The number of urea groups is 1. The van der Waals surface area contributed by atoms with Gasteiger partial charge in [0.15, 0.2) is 5.82 Å². The molecule has 0 saturated carbocycles. The van der Waals surface area contributed by atoms with E-state index in [-0.39, 0.29) is 22.8 Å². The summed E-state index contributed by atoms with van der Waals surface area (Å²) in [5.74, 6) is 0.0708. The molecule has 2 aromatic heterocycles. The van der Waals surface area contributed by atoms with Crippen LogP contribution in [0.15, 0.2) is 72.9 Å². The Hall–Kier alpha value is -4.86. The first-order valence-electron chi connectivity index (χ1n) is 12.2. The summed E-state index contributed by atoms with van der Waals surface area (Å²) in [4.78, 5) is 31.2. The van der Waals surface area contributed by atoms with Crippen LogP contribution in [-0.4, -0.2) is 52.2 Å². The molecule has 0 bridgehead atoms. The van der Waals surface area contributed by atoms with Gasteiger partial charge in [0, 0.05) is 47.7 Å². The minimum Gasteiger partial charge on any atom is -0.481 e. The highest BCUT2D eigenvalue weighted by Crippen LogP contribution is 2.34. The summed E-state index contributed by atoms with van der Waals surface area (Å²) in [5.41, 5.74) is 9.54. The number of H-pyrrole nitrogens is 1. The average molecular weight is 512 g/mol. The van der Waals surface area contributed by atoms with Crippen LogP contribution < -0.4 is 21.1 Å². The number of likely N-dealkylation sites (tertiary alicyclic amines) is 1. The minimum absolute atomic E-state index is 0.0681. The van der Waals surface area contributed by atoms with E-state index >= 15 is 0 Å². The van der Waals surface area contributed by atoms with E-state index < -0.39 is 5.91 Å². The fourth-order valence-electron chi connectivity index (χ4n) is 4.75. The van der Waals surface area contributed by atoms with Crippen LogP contribution in [0.25, 0.3) is 11.3 Å². The lowest BCUT2D eigenvalue weighted by atomic mass is 9.82.